The van der Waals surface area contributed by atoms with Gasteiger partial charge in [-0.25, -0.2) is 4.98 Å². The van der Waals surface area contributed by atoms with Gasteiger partial charge in [-0.05, 0) is 25.8 Å². The van der Waals surface area contributed by atoms with Crippen LogP contribution in [-0.4, -0.2) is 41.0 Å². The molecule has 0 bridgehead atoms. The summed E-state index contributed by atoms with van der Waals surface area (Å²) in [5.41, 5.74) is 0.576. The van der Waals surface area contributed by atoms with E-state index in [4.69, 9.17) is 9.15 Å². The molecule has 7 heteroatoms. The average molecular weight is 317 g/mol. The number of rotatable bonds is 3. The Morgan fingerprint density at radius 2 is 2.30 bits per heavy atom. The molecule has 122 valence electrons. The van der Waals surface area contributed by atoms with Gasteiger partial charge in [-0.3, -0.25) is 9.59 Å². The second-order valence-corrected chi connectivity index (χ2v) is 5.67. The maximum Gasteiger partial charge on any atom is 0.289 e. The van der Waals surface area contributed by atoms with Gasteiger partial charge in [0.25, 0.3) is 17.4 Å². The number of likely N-dealkylation sites (tertiary alicyclic amines) is 1. The molecule has 3 heterocycles. The Morgan fingerprint density at radius 1 is 1.48 bits per heavy atom. The zero-order valence-corrected chi connectivity index (χ0v) is 13.2. The highest BCUT2D eigenvalue weighted by atomic mass is 16.6. The van der Waals surface area contributed by atoms with Crippen LogP contribution in [0.4, 0.5) is 0 Å². The lowest BCUT2D eigenvalue weighted by molar-refractivity contribution is 0.0667. The van der Waals surface area contributed by atoms with E-state index in [1.807, 2.05) is 0 Å². The molecule has 2 aromatic rings. The maximum atomic E-state index is 12.5. The highest BCUT2D eigenvalue weighted by Crippen LogP contribution is 2.27. The van der Waals surface area contributed by atoms with E-state index in [0.29, 0.717) is 24.9 Å². The van der Waals surface area contributed by atoms with E-state index in [2.05, 4.69) is 9.97 Å². The van der Waals surface area contributed by atoms with Crippen molar-refractivity contribution in [3.8, 4) is 5.95 Å². The standard InChI is InChI=1S/C16H19N3O4/c1-10-17-12(8-14(20)18-10)11-4-3-7-19(9-11)16(21)13-5-6-15(22-2)23-13/h5-6,8,11H,3-4,7,9H2,1-2H3,(H,17,18,20). The number of H-pyrrole nitrogens is 1. The molecule has 0 spiro atoms. The fourth-order valence-corrected chi connectivity index (χ4v) is 2.92. The predicted molar refractivity (Wildman–Crippen MR) is 82.7 cm³/mol. The third kappa shape index (κ3) is 3.28. The Morgan fingerprint density at radius 3 is 3.00 bits per heavy atom. The first-order valence-electron chi connectivity index (χ1n) is 7.58. The molecule has 0 radical (unpaired) electrons. The van der Waals surface area contributed by atoms with E-state index in [1.165, 1.54) is 13.2 Å². The van der Waals surface area contributed by atoms with Crippen molar-refractivity contribution in [1.29, 1.82) is 0 Å². The molecule has 1 N–H and O–H groups in total. The molecule has 2 aromatic heterocycles. The second-order valence-electron chi connectivity index (χ2n) is 5.67. The van der Waals surface area contributed by atoms with Gasteiger partial charge in [0.2, 0.25) is 0 Å². The number of carbonyl (C=O) groups is 1. The Balaban J connectivity index is 1.77. The SMILES string of the molecule is COc1ccc(C(=O)N2CCCC(c3cc(=O)[nH]c(C)n3)C2)o1. The van der Waals surface area contributed by atoms with Crippen LogP contribution in [0.1, 0.15) is 40.8 Å². The summed E-state index contributed by atoms with van der Waals surface area (Å²) < 4.78 is 10.3. The smallest absolute Gasteiger partial charge is 0.289 e. The topological polar surface area (TPSA) is 88.4 Å². The highest BCUT2D eigenvalue weighted by Gasteiger charge is 2.28. The van der Waals surface area contributed by atoms with Crippen molar-refractivity contribution in [1.82, 2.24) is 14.9 Å². The summed E-state index contributed by atoms with van der Waals surface area (Å²) in [6, 6.07) is 4.75. The average Bonchev–Trinajstić information content (AvgIpc) is 3.02. The summed E-state index contributed by atoms with van der Waals surface area (Å²) in [6.45, 7) is 2.95. The van der Waals surface area contributed by atoms with Crippen LogP contribution in [0.25, 0.3) is 0 Å². The fourth-order valence-electron chi connectivity index (χ4n) is 2.92. The summed E-state index contributed by atoms with van der Waals surface area (Å²) in [5.74, 6) is 1.06. The lowest BCUT2D eigenvalue weighted by Gasteiger charge is -2.31. The Kier molecular flexibility index (Phi) is 4.18. The van der Waals surface area contributed by atoms with E-state index in [9.17, 15) is 9.59 Å². The highest BCUT2D eigenvalue weighted by molar-refractivity contribution is 5.91. The number of aromatic amines is 1. The van der Waals surface area contributed by atoms with Crippen LogP contribution >= 0.6 is 0 Å². The molecule has 23 heavy (non-hydrogen) atoms. The Bertz CT molecular complexity index is 765. The number of carbonyl (C=O) groups excluding carboxylic acids is 1. The van der Waals surface area contributed by atoms with Crippen LogP contribution in [0.15, 0.2) is 27.4 Å². The maximum absolute atomic E-state index is 12.5. The van der Waals surface area contributed by atoms with Crippen LogP contribution in [0, 0.1) is 6.92 Å². The summed E-state index contributed by atoms with van der Waals surface area (Å²) in [4.78, 5) is 32.9. The van der Waals surface area contributed by atoms with E-state index in [-0.39, 0.29) is 23.1 Å². The number of amides is 1. The molecule has 7 nitrogen and oxygen atoms in total. The molecule has 1 fully saturated rings. The number of nitrogens with zero attached hydrogens (tertiary/aromatic N) is 2. The molecule has 1 aliphatic heterocycles. The van der Waals surface area contributed by atoms with E-state index in [1.54, 1.807) is 24.0 Å². The minimum Gasteiger partial charge on any atom is -0.468 e. The molecule has 1 saturated heterocycles. The van der Waals surface area contributed by atoms with Gasteiger partial charge < -0.3 is 19.0 Å². The second kappa shape index (κ2) is 6.28. The van der Waals surface area contributed by atoms with E-state index < -0.39 is 0 Å². The number of methoxy groups -OCH3 is 1. The first-order valence-corrected chi connectivity index (χ1v) is 7.58. The third-order valence-corrected chi connectivity index (χ3v) is 4.00. The van der Waals surface area contributed by atoms with E-state index >= 15 is 0 Å². The van der Waals surface area contributed by atoms with Crippen LogP contribution in [0.2, 0.25) is 0 Å². The summed E-state index contributed by atoms with van der Waals surface area (Å²) in [7, 11) is 1.49. The van der Waals surface area contributed by atoms with Crippen LogP contribution in [0.3, 0.4) is 0 Å². The van der Waals surface area contributed by atoms with Crippen molar-refractivity contribution >= 4 is 5.91 Å². The molecule has 0 aromatic carbocycles. The largest absolute Gasteiger partial charge is 0.468 e. The number of furan rings is 1. The number of aromatic nitrogens is 2. The summed E-state index contributed by atoms with van der Waals surface area (Å²) in [5, 5.41) is 0. The minimum atomic E-state index is -0.167. The van der Waals surface area contributed by atoms with Gasteiger partial charge in [0.1, 0.15) is 5.82 Å². The van der Waals surface area contributed by atoms with Gasteiger partial charge in [0.15, 0.2) is 5.76 Å². The van der Waals surface area contributed by atoms with Gasteiger partial charge >= 0.3 is 0 Å². The Labute approximate surface area is 133 Å². The van der Waals surface area contributed by atoms with Crippen molar-refractivity contribution < 1.29 is 13.9 Å². The predicted octanol–water partition coefficient (Wildman–Crippen LogP) is 1.70. The zero-order valence-electron chi connectivity index (χ0n) is 13.2. The number of aryl methyl sites for hydroxylation is 1. The quantitative estimate of drug-likeness (QED) is 0.931. The monoisotopic (exact) mass is 317 g/mol. The number of hydrogen-bond acceptors (Lipinski definition) is 5. The van der Waals surface area contributed by atoms with Crippen molar-refractivity contribution in [3.63, 3.8) is 0 Å². The van der Waals surface area contributed by atoms with Crippen LogP contribution < -0.4 is 10.3 Å². The van der Waals surface area contributed by atoms with Crippen molar-refractivity contribution in [3.05, 3.63) is 45.8 Å². The lowest BCUT2D eigenvalue weighted by atomic mass is 9.94. The summed E-state index contributed by atoms with van der Waals surface area (Å²) >= 11 is 0. The zero-order chi connectivity index (χ0) is 16.4. The molecule has 1 amide bonds. The normalized spacial score (nSPS) is 18.0. The molecular weight excluding hydrogens is 298 g/mol. The van der Waals surface area contributed by atoms with E-state index in [0.717, 1.165) is 18.5 Å². The van der Waals surface area contributed by atoms with Crippen LogP contribution in [0.5, 0.6) is 5.95 Å². The van der Waals surface area contributed by atoms with Crippen LogP contribution in [-0.2, 0) is 0 Å². The minimum absolute atomic E-state index is 0.0607. The number of nitrogens with one attached hydrogen (secondary N) is 1. The number of hydrogen-bond donors (Lipinski definition) is 1. The number of piperidine rings is 1. The molecule has 0 saturated carbocycles. The van der Waals surface area contributed by atoms with Crippen molar-refractivity contribution in [2.75, 3.05) is 20.2 Å². The van der Waals surface area contributed by atoms with Crippen molar-refractivity contribution in [2.24, 2.45) is 0 Å². The van der Waals surface area contributed by atoms with Gasteiger partial charge in [0, 0.05) is 31.1 Å². The molecule has 0 aliphatic carbocycles. The number of ether oxygens (including phenoxy) is 1. The fraction of sp³-hybridized carbons (Fsp3) is 0.438. The third-order valence-electron chi connectivity index (χ3n) is 4.00. The first-order chi connectivity index (χ1) is 11.1. The molecule has 1 atom stereocenters. The molecule has 3 rings (SSSR count). The molecule has 1 aliphatic rings. The van der Waals surface area contributed by atoms with Gasteiger partial charge in [-0.1, -0.05) is 0 Å². The lowest BCUT2D eigenvalue weighted by Crippen LogP contribution is -2.39. The Hall–Kier alpha value is -2.57. The molecular formula is C16H19N3O4. The van der Waals surface area contributed by atoms with Crippen molar-refractivity contribution in [2.45, 2.75) is 25.7 Å². The van der Waals surface area contributed by atoms with Gasteiger partial charge in [-0.15, -0.1) is 0 Å². The molecule has 1 unspecified atom stereocenters. The van der Waals surface area contributed by atoms with Gasteiger partial charge in [-0.2, -0.15) is 0 Å². The first kappa shape index (κ1) is 15.3. The summed E-state index contributed by atoms with van der Waals surface area (Å²) in [6.07, 6.45) is 1.77. The van der Waals surface area contributed by atoms with Gasteiger partial charge in [0.05, 0.1) is 12.8 Å².